The van der Waals surface area contributed by atoms with Crippen LogP contribution in [0.15, 0.2) is 54.6 Å². The summed E-state index contributed by atoms with van der Waals surface area (Å²) in [6, 6.07) is 15.1. The van der Waals surface area contributed by atoms with E-state index in [9.17, 15) is 9.59 Å². The van der Waals surface area contributed by atoms with Gasteiger partial charge < -0.3 is 5.32 Å². The number of para-hydroxylation sites is 1. The number of hydrogen-bond donors (Lipinski definition) is 3. The lowest BCUT2D eigenvalue weighted by molar-refractivity contribution is -0.124. The van der Waals surface area contributed by atoms with Gasteiger partial charge in [0.1, 0.15) is 0 Å². The molecule has 3 N–H and O–H groups in total. The Balaban J connectivity index is 2.29. The molecule has 2 amide bonds. The van der Waals surface area contributed by atoms with Crippen LogP contribution in [0.4, 0.5) is 5.69 Å². The highest BCUT2D eigenvalue weighted by Gasteiger charge is 2.25. The zero-order valence-electron chi connectivity index (χ0n) is 15.2. The van der Waals surface area contributed by atoms with E-state index in [0.29, 0.717) is 11.3 Å². The van der Waals surface area contributed by atoms with Crippen molar-refractivity contribution >= 4 is 23.6 Å². The number of carbonyl (C=O) groups is 2. The summed E-state index contributed by atoms with van der Waals surface area (Å²) in [6.45, 7) is 6.05. The van der Waals surface area contributed by atoms with Crippen LogP contribution in [0.5, 0.6) is 0 Å². The molecule has 0 spiro atoms. The topological polar surface area (TPSA) is 78.4 Å². The maximum absolute atomic E-state index is 13.0. The van der Waals surface area contributed by atoms with E-state index in [1.807, 2.05) is 57.2 Å². The van der Waals surface area contributed by atoms with Gasteiger partial charge in [0.15, 0.2) is 0 Å². The fraction of sp³-hybridized carbons (Fsp3) is 0.238. The Morgan fingerprint density at radius 3 is 2.35 bits per heavy atom. The summed E-state index contributed by atoms with van der Waals surface area (Å²) in [4.78, 5) is 24.2. The lowest BCUT2D eigenvalue weighted by Gasteiger charge is -2.23. The van der Waals surface area contributed by atoms with Gasteiger partial charge in [0, 0.05) is 11.8 Å². The van der Waals surface area contributed by atoms with Crippen LogP contribution in [0.25, 0.3) is 6.08 Å². The molecule has 0 radical (unpaired) electrons. The first-order chi connectivity index (χ1) is 12.4. The molecular formula is C21H24N2O3. The van der Waals surface area contributed by atoms with Crippen LogP contribution in [0.1, 0.15) is 36.5 Å². The minimum atomic E-state index is -0.633. The third-order valence-corrected chi connectivity index (χ3v) is 4.22. The molecule has 0 saturated heterocycles. The number of rotatable bonds is 6. The van der Waals surface area contributed by atoms with Gasteiger partial charge in [-0.2, -0.15) is 0 Å². The number of nitrogens with one attached hydrogen (secondary N) is 2. The predicted molar refractivity (Wildman–Crippen MR) is 103 cm³/mol. The summed E-state index contributed by atoms with van der Waals surface area (Å²) in [6.07, 6.45) is 2.74. The van der Waals surface area contributed by atoms with Gasteiger partial charge in [0.05, 0.1) is 5.92 Å². The Bertz CT molecular complexity index is 812. The predicted octanol–water partition coefficient (Wildman–Crippen LogP) is 3.89. The third kappa shape index (κ3) is 4.80. The molecule has 1 atom stereocenters. The van der Waals surface area contributed by atoms with Crippen molar-refractivity contribution in [2.75, 3.05) is 5.32 Å². The SMILES string of the molecule is Cc1ccccc1C(C(=O)Nc1ccccc1C=CC(=O)NO)C(C)C. The average Bonchev–Trinajstić information content (AvgIpc) is 2.62. The highest BCUT2D eigenvalue weighted by atomic mass is 16.5. The van der Waals surface area contributed by atoms with Crippen molar-refractivity contribution in [3.63, 3.8) is 0 Å². The van der Waals surface area contributed by atoms with Gasteiger partial charge in [-0.1, -0.05) is 56.3 Å². The van der Waals surface area contributed by atoms with Crippen molar-refractivity contribution in [1.29, 1.82) is 0 Å². The number of carbonyl (C=O) groups excluding carboxylic acids is 2. The second-order valence-corrected chi connectivity index (χ2v) is 6.46. The van der Waals surface area contributed by atoms with Crippen molar-refractivity contribution in [1.82, 2.24) is 5.48 Å². The molecule has 1 unspecified atom stereocenters. The van der Waals surface area contributed by atoms with Crippen LogP contribution in [-0.4, -0.2) is 17.0 Å². The number of amides is 2. The quantitative estimate of drug-likeness (QED) is 0.419. The Kier molecular flexibility index (Phi) is 6.69. The molecule has 5 nitrogen and oxygen atoms in total. The van der Waals surface area contributed by atoms with Gasteiger partial charge in [-0.15, -0.1) is 0 Å². The molecule has 0 aliphatic rings. The van der Waals surface area contributed by atoms with Gasteiger partial charge in [0.25, 0.3) is 5.91 Å². The van der Waals surface area contributed by atoms with Crippen molar-refractivity contribution in [2.45, 2.75) is 26.7 Å². The molecule has 0 aromatic heterocycles. The molecule has 2 aromatic rings. The molecule has 5 heteroatoms. The van der Waals surface area contributed by atoms with E-state index >= 15 is 0 Å². The second-order valence-electron chi connectivity index (χ2n) is 6.46. The Labute approximate surface area is 153 Å². The molecule has 136 valence electrons. The highest BCUT2D eigenvalue weighted by Crippen LogP contribution is 2.29. The van der Waals surface area contributed by atoms with Crippen LogP contribution in [-0.2, 0) is 9.59 Å². The molecular weight excluding hydrogens is 328 g/mol. The number of hydroxylamine groups is 1. The van der Waals surface area contributed by atoms with Crippen molar-refractivity contribution in [2.24, 2.45) is 5.92 Å². The smallest absolute Gasteiger partial charge is 0.267 e. The van der Waals surface area contributed by atoms with E-state index in [1.165, 1.54) is 6.08 Å². The normalized spacial score (nSPS) is 12.2. The zero-order chi connectivity index (χ0) is 19.1. The van der Waals surface area contributed by atoms with E-state index in [4.69, 9.17) is 5.21 Å². The molecule has 0 saturated carbocycles. The van der Waals surface area contributed by atoms with Gasteiger partial charge >= 0.3 is 0 Å². The molecule has 0 aliphatic heterocycles. The monoisotopic (exact) mass is 352 g/mol. The average molecular weight is 352 g/mol. The standard InChI is InChI=1S/C21H24N2O3/c1-14(2)20(17-10-6-4-8-15(17)3)21(25)22-18-11-7-5-9-16(18)12-13-19(24)23-26/h4-14,20,26H,1-3H3,(H,22,25)(H,23,24). The van der Waals surface area contributed by atoms with Crippen LogP contribution in [0, 0.1) is 12.8 Å². The molecule has 0 fully saturated rings. The summed E-state index contributed by atoms with van der Waals surface area (Å²) >= 11 is 0. The van der Waals surface area contributed by atoms with E-state index in [-0.39, 0.29) is 17.7 Å². The maximum atomic E-state index is 13.0. The van der Waals surface area contributed by atoms with Gasteiger partial charge in [0.2, 0.25) is 5.91 Å². The largest absolute Gasteiger partial charge is 0.325 e. The first kappa shape index (κ1) is 19.4. The molecule has 0 heterocycles. The number of benzene rings is 2. The number of hydrogen-bond acceptors (Lipinski definition) is 3. The summed E-state index contributed by atoms with van der Waals surface area (Å²) in [5, 5.41) is 11.6. The zero-order valence-corrected chi connectivity index (χ0v) is 15.2. The molecule has 2 rings (SSSR count). The van der Waals surface area contributed by atoms with Crippen LogP contribution >= 0.6 is 0 Å². The van der Waals surface area contributed by atoms with E-state index in [1.54, 1.807) is 23.7 Å². The van der Waals surface area contributed by atoms with Crippen LogP contribution in [0.3, 0.4) is 0 Å². The lowest BCUT2D eigenvalue weighted by atomic mass is 9.85. The first-order valence-electron chi connectivity index (χ1n) is 8.51. The summed E-state index contributed by atoms with van der Waals surface area (Å²) < 4.78 is 0. The van der Waals surface area contributed by atoms with Crippen molar-refractivity contribution in [3.05, 3.63) is 71.3 Å². The lowest BCUT2D eigenvalue weighted by Crippen LogP contribution is -2.26. The minimum Gasteiger partial charge on any atom is -0.325 e. The summed E-state index contributed by atoms with van der Waals surface area (Å²) in [7, 11) is 0. The van der Waals surface area contributed by atoms with Crippen molar-refractivity contribution < 1.29 is 14.8 Å². The van der Waals surface area contributed by atoms with Crippen LogP contribution in [0.2, 0.25) is 0 Å². The first-order valence-corrected chi connectivity index (χ1v) is 8.51. The minimum absolute atomic E-state index is 0.0956. The fourth-order valence-electron chi connectivity index (χ4n) is 2.91. The van der Waals surface area contributed by atoms with Crippen molar-refractivity contribution in [3.8, 4) is 0 Å². The second kappa shape index (κ2) is 8.97. The van der Waals surface area contributed by atoms with Gasteiger partial charge in [-0.25, -0.2) is 5.48 Å². The van der Waals surface area contributed by atoms with E-state index in [0.717, 1.165) is 11.1 Å². The Morgan fingerprint density at radius 2 is 1.69 bits per heavy atom. The summed E-state index contributed by atoms with van der Waals surface area (Å²) in [5.74, 6) is -0.888. The fourth-order valence-corrected chi connectivity index (χ4v) is 2.91. The maximum Gasteiger partial charge on any atom is 0.267 e. The van der Waals surface area contributed by atoms with Gasteiger partial charge in [-0.3, -0.25) is 14.8 Å². The Hall–Kier alpha value is -2.92. The highest BCUT2D eigenvalue weighted by molar-refractivity contribution is 5.99. The number of anilines is 1. The van der Waals surface area contributed by atoms with E-state index in [2.05, 4.69) is 5.32 Å². The Morgan fingerprint density at radius 1 is 1.04 bits per heavy atom. The number of aryl methyl sites for hydroxylation is 1. The molecule has 0 aliphatic carbocycles. The van der Waals surface area contributed by atoms with E-state index < -0.39 is 5.91 Å². The van der Waals surface area contributed by atoms with Crippen LogP contribution < -0.4 is 10.8 Å². The summed E-state index contributed by atoms with van der Waals surface area (Å²) in [5.41, 5.74) is 4.92. The molecule has 2 aromatic carbocycles. The third-order valence-electron chi connectivity index (χ3n) is 4.22. The van der Waals surface area contributed by atoms with Gasteiger partial charge in [-0.05, 0) is 41.7 Å². The molecule has 26 heavy (non-hydrogen) atoms. The molecule has 0 bridgehead atoms.